The molecule has 0 aliphatic rings. The largest absolute Gasteiger partial charge is 0.340 e. The van der Waals surface area contributed by atoms with Gasteiger partial charge in [0.2, 0.25) is 17.7 Å². The summed E-state index contributed by atoms with van der Waals surface area (Å²) in [7, 11) is 0. The Morgan fingerprint density at radius 2 is 2.19 bits per heavy atom. The molecule has 2 aromatic rings. The first-order valence-corrected chi connectivity index (χ1v) is 4.60. The van der Waals surface area contributed by atoms with Crippen LogP contribution in [0.1, 0.15) is 11.7 Å². The molecule has 2 rings (SSSR count). The number of anilines is 1. The minimum absolute atomic E-state index is 0.0373. The third-order valence-electron chi connectivity index (χ3n) is 1.71. The van der Waals surface area contributed by atoms with Crippen LogP contribution in [0.5, 0.6) is 0 Å². The number of carbonyl (C=O) groups excluding carboxylic acids is 1. The van der Waals surface area contributed by atoms with E-state index >= 15 is 0 Å². The summed E-state index contributed by atoms with van der Waals surface area (Å²) in [5.74, 6) is 0.740. The predicted molar refractivity (Wildman–Crippen MR) is 53.4 cm³/mol. The Kier molecular flexibility index (Phi) is 2.86. The molecule has 0 spiro atoms. The number of nitrogens with one attached hydrogen (secondary N) is 1. The summed E-state index contributed by atoms with van der Waals surface area (Å²) in [6.07, 6.45) is 3.12. The Bertz CT molecular complexity index is 482. The van der Waals surface area contributed by atoms with E-state index in [9.17, 15) is 4.79 Å². The number of aryl methyl sites for hydroxylation is 1. The monoisotopic (exact) mass is 219 g/mol. The summed E-state index contributed by atoms with van der Waals surface area (Å²) < 4.78 is 4.74. The van der Waals surface area contributed by atoms with Gasteiger partial charge < -0.3 is 4.52 Å². The molecule has 7 nitrogen and oxygen atoms in total. The van der Waals surface area contributed by atoms with Crippen LogP contribution in [0.3, 0.4) is 0 Å². The van der Waals surface area contributed by atoms with Crippen molar-refractivity contribution in [3.05, 3.63) is 30.2 Å². The molecule has 0 aliphatic carbocycles. The molecule has 0 fully saturated rings. The first-order valence-electron chi connectivity index (χ1n) is 4.60. The number of hydrogen-bond acceptors (Lipinski definition) is 6. The molecular formula is C9H9N5O2. The lowest BCUT2D eigenvalue weighted by Crippen LogP contribution is -2.16. The van der Waals surface area contributed by atoms with Crippen LogP contribution in [0.15, 0.2) is 23.0 Å². The van der Waals surface area contributed by atoms with Gasteiger partial charge in [0, 0.05) is 19.3 Å². The van der Waals surface area contributed by atoms with Gasteiger partial charge in [-0.3, -0.25) is 10.1 Å². The molecule has 0 aliphatic heterocycles. The molecule has 2 aromatic heterocycles. The van der Waals surface area contributed by atoms with Gasteiger partial charge in [0.25, 0.3) is 0 Å². The highest BCUT2D eigenvalue weighted by Crippen LogP contribution is 1.99. The fraction of sp³-hybridized carbons (Fsp3) is 0.222. The zero-order chi connectivity index (χ0) is 11.4. The van der Waals surface area contributed by atoms with E-state index in [2.05, 4.69) is 25.4 Å². The molecule has 1 N–H and O–H groups in total. The predicted octanol–water partition coefficient (Wildman–Crippen LogP) is 0.349. The first-order chi connectivity index (χ1) is 7.74. The number of rotatable bonds is 3. The second-order valence-electron chi connectivity index (χ2n) is 3.03. The maximum absolute atomic E-state index is 11.5. The molecule has 0 saturated heterocycles. The van der Waals surface area contributed by atoms with Crippen LogP contribution in [0.2, 0.25) is 0 Å². The van der Waals surface area contributed by atoms with Crippen molar-refractivity contribution in [2.75, 3.05) is 5.32 Å². The van der Waals surface area contributed by atoms with Gasteiger partial charge in [-0.2, -0.15) is 4.98 Å². The maximum Gasteiger partial charge on any atom is 0.234 e. The third kappa shape index (κ3) is 2.59. The lowest BCUT2D eigenvalue weighted by atomic mass is 10.4. The molecule has 0 unspecified atom stereocenters. The molecule has 0 bridgehead atoms. The topological polar surface area (TPSA) is 93.8 Å². The van der Waals surface area contributed by atoms with E-state index in [1.165, 1.54) is 0 Å². The summed E-state index contributed by atoms with van der Waals surface area (Å²) in [5.41, 5.74) is 0. The van der Waals surface area contributed by atoms with E-state index in [-0.39, 0.29) is 18.3 Å². The summed E-state index contributed by atoms with van der Waals surface area (Å²) in [5, 5.41) is 6.13. The Hall–Kier alpha value is -2.31. The van der Waals surface area contributed by atoms with E-state index in [0.717, 1.165) is 0 Å². The quantitative estimate of drug-likeness (QED) is 0.800. The molecule has 7 heteroatoms. The number of hydrogen-bond donors (Lipinski definition) is 1. The molecular weight excluding hydrogens is 210 g/mol. The highest BCUT2D eigenvalue weighted by molar-refractivity contribution is 5.90. The average molecular weight is 219 g/mol. The summed E-state index contributed by atoms with van der Waals surface area (Å²) in [6, 6.07) is 1.66. The van der Waals surface area contributed by atoms with Crippen molar-refractivity contribution in [1.82, 2.24) is 20.1 Å². The Morgan fingerprint density at radius 1 is 1.44 bits per heavy atom. The van der Waals surface area contributed by atoms with Crippen LogP contribution in [0, 0.1) is 6.92 Å². The molecule has 0 aromatic carbocycles. The third-order valence-corrected chi connectivity index (χ3v) is 1.71. The summed E-state index contributed by atoms with van der Waals surface area (Å²) in [6.45, 7) is 1.66. The van der Waals surface area contributed by atoms with Crippen molar-refractivity contribution in [1.29, 1.82) is 0 Å². The van der Waals surface area contributed by atoms with Gasteiger partial charge >= 0.3 is 0 Å². The van der Waals surface area contributed by atoms with Gasteiger partial charge in [0.1, 0.15) is 0 Å². The highest BCUT2D eigenvalue weighted by atomic mass is 16.5. The van der Waals surface area contributed by atoms with Gasteiger partial charge in [0.15, 0.2) is 5.82 Å². The number of carbonyl (C=O) groups is 1. The van der Waals surface area contributed by atoms with E-state index < -0.39 is 0 Å². The van der Waals surface area contributed by atoms with Gasteiger partial charge in [0.05, 0.1) is 6.42 Å². The molecule has 2 heterocycles. The maximum atomic E-state index is 11.5. The second-order valence-corrected chi connectivity index (χ2v) is 3.03. The van der Waals surface area contributed by atoms with Gasteiger partial charge in [-0.25, -0.2) is 9.97 Å². The summed E-state index contributed by atoms with van der Waals surface area (Å²) >= 11 is 0. The minimum Gasteiger partial charge on any atom is -0.340 e. The van der Waals surface area contributed by atoms with Crippen LogP contribution in [0.4, 0.5) is 5.95 Å². The van der Waals surface area contributed by atoms with E-state index in [1.54, 1.807) is 25.4 Å². The fourth-order valence-electron chi connectivity index (χ4n) is 1.09. The van der Waals surface area contributed by atoms with Crippen molar-refractivity contribution in [2.24, 2.45) is 0 Å². The SMILES string of the molecule is Cc1nc(CC(=O)Nc2ncccn2)no1. The molecule has 0 saturated carbocycles. The Balaban J connectivity index is 1.95. The standard InChI is InChI=1S/C9H9N5O2/c1-6-12-7(14-16-6)5-8(15)13-9-10-3-2-4-11-9/h2-4H,5H2,1H3,(H,10,11,13,15). The van der Waals surface area contributed by atoms with Crippen molar-refractivity contribution in [2.45, 2.75) is 13.3 Å². The van der Waals surface area contributed by atoms with E-state index in [4.69, 9.17) is 4.52 Å². The minimum atomic E-state index is -0.285. The van der Waals surface area contributed by atoms with Crippen LogP contribution >= 0.6 is 0 Å². The lowest BCUT2D eigenvalue weighted by Gasteiger charge is -1.99. The normalized spacial score (nSPS) is 10.1. The van der Waals surface area contributed by atoms with Gasteiger partial charge in [-0.1, -0.05) is 5.16 Å². The molecule has 1 amide bonds. The van der Waals surface area contributed by atoms with Crippen molar-refractivity contribution in [3.8, 4) is 0 Å². The van der Waals surface area contributed by atoms with Crippen molar-refractivity contribution >= 4 is 11.9 Å². The van der Waals surface area contributed by atoms with Crippen molar-refractivity contribution in [3.63, 3.8) is 0 Å². The lowest BCUT2D eigenvalue weighted by molar-refractivity contribution is -0.115. The zero-order valence-corrected chi connectivity index (χ0v) is 8.54. The Morgan fingerprint density at radius 3 is 2.81 bits per heavy atom. The molecule has 0 atom stereocenters. The van der Waals surface area contributed by atoms with Crippen LogP contribution in [-0.2, 0) is 11.2 Å². The fourth-order valence-corrected chi connectivity index (χ4v) is 1.09. The van der Waals surface area contributed by atoms with Crippen molar-refractivity contribution < 1.29 is 9.32 Å². The Labute approximate surface area is 90.9 Å². The molecule has 0 radical (unpaired) electrons. The van der Waals surface area contributed by atoms with Crippen LogP contribution in [0.25, 0.3) is 0 Å². The molecule has 16 heavy (non-hydrogen) atoms. The highest BCUT2D eigenvalue weighted by Gasteiger charge is 2.09. The molecule has 82 valence electrons. The second kappa shape index (κ2) is 4.47. The number of aromatic nitrogens is 4. The number of nitrogens with zero attached hydrogens (tertiary/aromatic N) is 4. The summed E-state index contributed by atoms with van der Waals surface area (Å²) in [4.78, 5) is 23.1. The van der Waals surface area contributed by atoms with Crippen LogP contribution in [-0.4, -0.2) is 26.0 Å². The van der Waals surface area contributed by atoms with Gasteiger partial charge in [-0.05, 0) is 6.07 Å². The van der Waals surface area contributed by atoms with Gasteiger partial charge in [-0.15, -0.1) is 0 Å². The smallest absolute Gasteiger partial charge is 0.234 e. The first kappa shape index (κ1) is 10.2. The zero-order valence-electron chi connectivity index (χ0n) is 8.54. The van der Waals surface area contributed by atoms with E-state index in [0.29, 0.717) is 11.7 Å². The van der Waals surface area contributed by atoms with E-state index in [1.807, 2.05) is 0 Å². The number of amides is 1. The van der Waals surface area contributed by atoms with Crippen LogP contribution < -0.4 is 5.32 Å². The average Bonchev–Trinajstić information content (AvgIpc) is 2.65.